The molecular weight excluding hydrogens is 1560 g/mol. The van der Waals surface area contributed by atoms with Crippen LogP contribution in [0, 0.1) is 11.8 Å². The normalized spacial score (nSPS) is 14.8. The second kappa shape index (κ2) is 53.8. The highest BCUT2D eigenvalue weighted by Crippen LogP contribution is 2.17. The molecule has 0 aliphatic rings. The molecule has 48 heteroatoms. The molecule has 660 valence electrons. The summed E-state index contributed by atoms with van der Waals surface area (Å²) in [7, 11) is 0. The number of hydrogen-bond acceptors (Lipinski definition) is 27. The quantitative estimate of drug-likeness (QED) is 0.0269. The number of benzene rings is 1. The maximum Gasteiger partial charge on any atom is 0.325 e. The zero-order valence-electron chi connectivity index (χ0n) is 66.0. The summed E-state index contributed by atoms with van der Waals surface area (Å²) in [5.41, 5.74) is 44.0. The fraction of sp³-hybridized carbons (Fsp3) is 0.614. The van der Waals surface area contributed by atoms with Gasteiger partial charge in [-0.1, -0.05) is 46.2 Å². The fourth-order valence-electron chi connectivity index (χ4n) is 10.8. The van der Waals surface area contributed by atoms with E-state index in [9.17, 15) is 126 Å². The van der Waals surface area contributed by atoms with Crippen LogP contribution in [0.15, 0.2) is 24.3 Å². The van der Waals surface area contributed by atoms with Crippen molar-refractivity contribution in [2.24, 2.45) is 57.7 Å². The van der Waals surface area contributed by atoms with Crippen molar-refractivity contribution in [2.45, 2.75) is 228 Å². The molecule has 15 atom stereocenters. The van der Waals surface area contributed by atoms with Crippen LogP contribution in [0.4, 0.5) is 0 Å². The number of unbranched alkanes of at least 4 members (excludes halogenated alkanes) is 2. The minimum absolute atomic E-state index is 0.0411. The van der Waals surface area contributed by atoms with Crippen molar-refractivity contribution in [2.75, 3.05) is 32.8 Å². The zero-order chi connectivity index (χ0) is 89.8. The number of carbonyl (C=O) groups is 21. The first kappa shape index (κ1) is 104. The number of aliphatic hydroxyl groups is 2. The van der Waals surface area contributed by atoms with Gasteiger partial charge in [-0.15, -0.1) is 0 Å². The highest BCUT2D eigenvalue weighted by molar-refractivity contribution is 6.02. The summed E-state index contributed by atoms with van der Waals surface area (Å²) in [6.07, 6.45) is -6.55. The van der Waals surface area contributed by atoms with Crippen LogP contribution in [0.2, 0.25) is 0 Å². The van der Waals surface area contributed by atoms with Crippen LogP contribution < -0.4 is 120 Å². The lowest BCUT2D eigenvalue weighted by Crippen LogP contribution is -2.62. The highest BCUT2D eigenvalue weighted by Gasteiger charge is 2.40. The van der Waals surface area contributed by atoms with E-state index in [1.807, 2.05) is 0 Å². The number of rotatable bonds is 59. The van der Waals surface area contributed by atoms with Gasteiger partial charge in [-0.2, -0.15) is 0 Å². The Hall–Kier alpha value is -12.3. The predicted molar refractivity (Wildman–Crippen MR) is 411 cm³/mol. The van der Waals surface area contributed by atoms with E-state index in [0.717, 1.165) is 6.92 Å². The first-order valence-corrected chi connectivity index (χ1v) is 37.6. The Morgan fingerprint density at radius 1 is 0.373 bits per heavy atom. The van der Waals surface area contributed by atoms with E-state index in [1.165, 1.54) is 45.0 Å². The van der Waals surface area contributed by atoms with E-state index in [1.54, 1.807) is 6.92 Å². The number of carbonyl (C=O) groups excluding carboxylic acids is 19. The van der Waals surface area contributed by atoms with Crippen LogP contribution in [0.3, 0.4) is 0 Å². The van der Waals surface area contributed by atoms with Gasteiger partial charge in [-0.05, 0) is 107 Å². The Kier molecular flexibility index (Phi) is 47.2. The van der Waals surface area contributed by atoms with Gasteiger partial charge in [-0.3, -0.25) is 101 Å². The van der Waals surface area contributed by atoms with Crippen molar-refractivity contribution in [3.05, 3.63) is 29.8 Å². The fourth-order valence-corrected chi connectivity index (χ4v) is 10.8. The van der Waals surface area contributed by atoms with Gasteiger partial charge < -0.3 is 146 Å². The molecule has 0 heterocycles. The number of aliphatic carboxylic acids is 2. The molecule has 35 N–H and O–H groups in total. The lowest BCUT2D eigenvalue weighted by Gasteiger charge is -2.30. The lowest BCUT2D eigenvalue weighted by molar-refractivity contribution is -0.142. The van der Waals surface area contributed by atoms with Gasteiger partial charge in [0, 0.05) is 25.7 Å². The Morgan fingerprint density at radius 3 is 1.12 bits per heavy atom. The molecule has 19 amide bonds. The Bertz CT molecular complexity index is 3680. The summed E-state index contributed by atoms with van der Waals surface area (Å²) in [5.74, 6) is -26.7. The third-order valence-corrected chi connectivity index (χ3v) is 17.7. The molecule has 1 aromatic rings. The molecule has 1 rings (SSSR count). The van der Waals surface area contributed by atoms with E-state index in [4.69, 9.17) is 45.9 Å². The maximum absolute atomic E-state index is 14.7. The smallest absolute Gasteiger partial charge is 0.325 e. The molecule has 1 aromatic carbocycles. The number of phenolic OH excluding ortho intramolecular Hbond substituents is 1. The van der Waals surface area contributed by atoms with Crippen LogP contribution in [0.1, 0.15) is 143 Å². The standard InChI is InChI=1S/C70H114N22O26/c1-6-33(4)56(69(116)86-41(18-21-49(75)97)61(108)89-44(26-50(76)98)63(110)80-34(5)70(117)118)92-62(109)42(19-22-54(102)103)85-59(106)38(11-7-9-23-71)82-65(112)46(28-52(78)100)90-68(115)55(32(2)3)91-66(113)43(25-35-13-15-36(95)16-14-35)88-60(107)39(12-8-10-24-72)83-67(114)47(31-94)81-53(101)29-79-58(105)40(17-20-48(74)96)84-64(111)45(27-51(77)99)87-57(104)37(73)30-93/h13-16,32-34,37-47,55-56,93-95H,6-12,17-31,71-73H2,1-5H3,(H2,74,96)(H2,75,97)(H2,76,98)(H2,77,99)(H2,78,100)(H,79,105)(H,80,110)(H,81,101)(H,82,112)(H,83,114)(H,84,111)(H,85,106)(H,86,116)(H,87,104)(H,88,107)(H,89,108)(H,90,115)(H,91,113)(H,92,109)(H,102,103)(H,117,118)/t33-,34-,37-,38-,39-,40-,41-,42-,43-,44-,45-,46-,47-,55-,56-/m0/s1. The molecule has 118 heavy (non-hydrogen) atoms. The molecule has 0 saturated heterocycles. The molecule has 0 saturated carbocycles. The number of nitrogens with two attached hydrogens (primary N) is 8. The van der Waals surface area contributed by atoms with Gasteiger partial charge in [0.1, 0.15) is 90.3 Å². The van der Waals surface area contributed by atoms with Crippen molar-refractivity contribution in [1.82, 2.24) is 74.4 Å². The summed E-state index contributed by atoms with van der Waals surface area (Å²) in [6, 6.07) is -19.0. The van der Waals surface area contributed by atoms with Gasteiger partial charge in [0.2, 0.25) is 112 Å². The van der Waals surface area contributed by atoms with Crippen molar-refractivity contribution in [1.29, 1.82) is 0 Å². The van der Waals surface area contributed by atoms with E-state index in [2.05, 4.69) is 74.4 Å². The van der Waals surface area contributed by atoms with Gasteiger partial charge in [0.05, 0.1) is 39.0 Å². The molecule has 0 aliphatic carbocycles. The number of aliphatic hydroxyl groups excluding tert-OH is 2. The second-order valence-corrected chi connectivity index (χ2v) is 27.9. The van der Waals surface area contributed by atoms with E-state index >= 15 is 0 Å². The summed E-state index contributed by atoms with van der Waals surface area (Å²) in [5, 5.41) is 81.0. The largest absolute Gasteiger partial charge is 0.508 e. The van der Waals surface area contributed by atoms with Crippen LogP contribution in [-0.4, -0.2) is 267 Å². The lowest BCUT2D eigenvalue weighted by atomic mass is 9.96. The first-order valence-electron chi connectivity index (χ1n) is 37.6. The molecule has 0 unspecified atom stereocenters. The molecule has 0 fully saturated rings. The van der Waals surface area contributed by atoms with Crippen molar-refractivity contribution >= 4 is 124 Å². The third kappa shape index (κ3) is 39.8. The average molecular weight is 1680 g/mol. The molecule has 0 spiro atoms. The van der Waals surface area contributed by atoms with Gasteiger partial charge >= 0.3 is 11.9 Å². The Labute approximate surface area is 677 Å². The van der Waals surface area contributed by atoms with E-state index < -0.39 is 305 Å². The SMILES string of the molecule is CC[C@H](C)[C@H](NC(=O)[C@H](CCC(=O)O)NC(=O)[C@H](CCCCN)NC(=O)[C@H](CC(N)=O)NC(=O)[C@@H](NC(=O)[C@H](Cc1ccc(O)cc1)NC(=O)[C@H](CCCCN)NC(=O)[C@H](CO)NC(=O)CNC(=O)[C@H](CCC(N)=O)NC(=O)[C@H](CC(N)=O)NC(=O)[C@@H](N)CO)C(C)C)C(=O)N[C@@H](CCC(N)=O)C(=O)N[C@@H](CC(N)=O)C(=O)N[C@@H](C)C(=O)O. The number of primary amides is 5. The minimum atomic E-state index is -1.98. The van der Waals surface area contributed by atoms with Gasteiger partial charge in [-0.25, -0.2) is 0 Å². The molecule has 0 aromatic heterocycles. The van der Waals surface area contributed by atoms with Crippen molar-refractivity contribution < 1.29 is 126 Å². The maximum atomic E-state index is 14.7. The topological polar surface area (TPSA) is 836 Å². The summed E-state index contributed by atoms with van der Waals surface area (Å²) in [6.45, 7) is 4.09. The zero-order valence-corrected chi connectivity index (χ0v) is 66.0. The van der Waals surface area contributed by atoms with E-state index in [0.29, 0.717) is 0 Å². The number of carboxylic acid groups (broad SMARTS) is 2. The predicted octanol–water partition coefficient (Wildman–Crippen LogP) is -12.2. The number of carboxylic acids is 2. The van der Waals surface area contributed by atoms with E-state index in [-0.39, 0.29) is 69.3 Å². The molecule has 48 nitrogen and oxygen atoms in total. The number of hydrogen-bond donors (Lipinski definition) is 27. The van der Waals surface area contributed by atoms with Crippen LogP contribution in [0.25, 0.3) is 0 Å². The van der Waals surface area contributed by atoms with Crippen LogP contribution in [-0.2, 0) is 107 Å². The molecule has 0 bridgehead atoms. The van der Waals surface area contributed by atoms with Crippen molar-refractivity contribution in [3.63, 3.8) is 0 Å². The van der Waals surface area contributed by atoms with Crippen molar-refractivity contribution in [3.8, 4) is 5.75 Å². The number of amides is 19. The number of phenols is 1. The number of nitrogens with one attached hydrogen (secondary N) is 14. The monoisotopic (exact) mass is 1680 g/mol. The minimum Gasteiger partial charge on any atom is -0.508 e. The number of aromatic hydroxyl groups is 1. The summed E-state index contributed by atoms with van der Waals surface area (Å²) >= 11 is 0. The van der Waals surface area contributed by atoms with Gasteiger partial charge in [0.25, 0.3) is 0 Å². The average Bonchev–Trinajstić information content (AvgIpc) is 0.855. The van der Waals surface area contributed by atoms with Crippen LogP contribution in [0.5, 0.6) is 5.75 Å². The highest BCUT2D eigenvalue weighted by atomic mass is 16.4. The first-order chi connectivity index (χ1) is 55.3. The summed E-state index contributed by atoms with van der Waals surface area (Å²) < 4.78 is 0. The molecule has 0 radical (unpaired) electrons. The summed E-state index contributed by atoms with van der Waals surface area (Å²) in [4.78, 5) is 278. The van der Waals surface area contributed by atoms with Gasteiger partial charge in [0.15, 0.2) is 0 Å². The third-order valence-electron chi connectivity index (χ3n) is 17.7. The second-order valence-electron chi connectivity index (χ2n) is 27.9. The molecule has 0 aliphatic heterocycles. The Morgan fingerprint density at radius 2 is 0.720 bits per heavy atom. The molecular formula is C70H114N22O26. The Balaban J connectivity index is 3.73. The van der Waals surface area contributed by atoms with Crippen LogP contribution >= 0.6 is 0 Å².